The first-order chi connectivity index (χ1) is 7.48. The summed E-state index contributed by atoms with van der Waals surface area (Å²) in [6.07, 6.45) is -2.50. The second-order valence-corrected chi connectivity index (χ2v) is 4.29. The Morgan fingerprint density at radius 3 is 2.62 bits per heavy atom. The summed E-state index contributed by atoms with van der Waals surface area (Å²) >= 11 is 5.92. The largest absolute Gasteiger partial charge is 0.416 e. The van der Waals surface area contributed by atoms with Crippen molar-refractivity contribution in [1.82, 2.24) is 5.32 Å². The molecule has 1 heterocycles. The third kappa shape index (κ3) is 2.33. The zero-order valence-corrected chi connectivity index (χ0v) is 9.20. The van der Waals surface area contributed by atoms with Crippen LogP contribution in [0.25, 0.3) is 0 Å². The topological polar surface area (TPSA) is 12.0 Å². The number of hydrogen-bond acceptors (Lipinski definition) is 1. The zero-order chi connectivity index (χ0) is 11.8. The maximum atomic E-state index is 12.5. The summed E-state index contributed by atoms with van der Waals surface area (Å²) < 4.78 is 37.6. The molecule has 0 unspecified atom stereocenters. The number of halogens is 4. The minimum Gasteiger partial charge on any atom is -0.310 e. The van der Waals surface area contributed by atoms with Crippen molar-refractivity contribution < 1.29 is 13.2 Å². The van der Waals surface area contributed by atoms with Crippen molar-refractivity contribution in [2.24, 2.45) is 0 Å². The van der Waals surface area contributed by atoms with Crippen LogP contribution < -0.4 is 5.32 Å². The summed E-state index contributed by atoms with van der Waals surface area (Å²) in [5.74, 6) is 0. The molecule has 2 rings (SSSR count). The first kappa shape index (κ1) is 11.7. The van der Waals surface area contributed by atoms with E-state index in [0.29, 0.717) is 10.6 Å². The van der Waals surface area contributed by atoms with E-state index in [2.05, 4.69) is 5.32 Å². The van der Waals surface area contributed by atoms with E-state index in [9.17, 15) is 13.2 Å². The van der Waals surface area contributed by atoms with Gasteiger partial charge in [0.1, 0.15) is 0 Å². The molecule has 1 nitrogen and oxygen atoms in total. The van der Waals surface area contributed by atoms with E-state index >= 15 is 0 Å². The van der Waals surface area contributed by atoms with E-state index in [1.54, 1.807) is 0 Å². The molecule has 1 N–H and O–H groups in total. The highest BCUT2D eigenvalue weighted by Gasteiger charge is 2.32. The quantitative estimate of drug-likeness (QED) is 0.799. The molecule has 1 aromatic carbocycles. The number of rotatable bonds is 1. The third-order valence-corrected chi connectivity index (χ3v) is 3.10. The lowest BCUT2D eigenvalue weighted by molar-refractivity contribution is -0.137. The predicted octanol–water partition coefficient (Wildman–Crippen LogP) is 3.78. The molecule has 0 aliphatic carbocycles. The smallest absolute Gasteiger partial charge is 0.310 e. The summed E-state index contributed by atoms with van der Waals surface area (Å²) in [5, 5.41) is 3.54. The van der Waals surface area contributed by atoms with E-state index < -0.39 is 11.7 Å². The van der Waals surface area contributed by atoms with E-state index in [0.717, 1.165) is 31.5 Å². The Hall–Kier alpha value is -0.740. The Morgan fingerprint density at radius 1 is 1.31 bits per heavy atom. The zero-order valence-electron chi connectivity index (χ0n) is 8.44. The number of alkyl halides is 3. The fraction of sp³-hybridized carbons (Fsp3) is 0.455. The van der Waals surface area contributed by atoms with Crippen molar-refractivity contribution in [3.8, 4) is 0 Å². The van der Waals surface area contributed by atoms with Gasteiger partial charge in [-0.25, -0.2) is 0 Å². The lowest BCUT2D eigenvalue weighted by Gasteiger charge is -2.15. The molecule has 0 saturated carbocycles. The predicted molar refractivity (Wildman–Crippen MR) is 56.4 cm³/mol. The standard InChI is InChI=1S/C11H11ClF3N/c12-9-4-3-7(11(13,14)15)6-8(9)10-2-1-5-16-10/h3-4,6,10,16H,1-2,5H2/t10-/m1/s1. The number of nitrogens with one attached hydrogen (secondary N) is 1. The van der Waals surface area contributed by atoms with E-state index in [-0.39, 0.29) is 6.04 Å². The summed E-state index contributed by atoms with van der Waals surface area (Å²) in [4.78, 5) is 0. The summed E-state index contributed by atoms with van der Waals surface area (Å²) in [6.45, 7) is 0.831. The molecule has 0 amide bonds. The SMILES string of the molecule is FC(F)(F)c1ccc(Cl)c([C@H]2CCCN2)c1. The molecular formula is C11H11ClF3N. The average molecular weight is 250 g/mol. The van der Waals surface area contributed by atoms with Crippen LogP contribution in [0, 0.1) is 0 Å². The highest BCUT2D eigenvalue weighted by atomic mass is 35.5. The maximum absolute atomic E-state index is 12.5. The van der Waals surface area contributed by atoms with Crippen LogP contribution in [0.1, 0.15) is 30.0 Å². The van der Waals surface area contributed by atoms with Crippen molar-refractivity contribution in [2.75, 3.05) is 6.54 Å². The van der Waals surface area contributed by atoms with Gasteiger partial charge >= 0.3 is 6.18 Å². The van der Waals surface area contributed by atoms with Crippen molar-refractivity contribution in [2.45, 2.75) is 25.1 Å². The fourth-order valence-electron chi connectivity index (χ4n) is 1.94. The van der Waals surface area contributed by atoms with Gasteiger partial charge in [-0.3, -0.25) is 0 Å². The van der Waals surface area contributed by atoms with E-state index in [1.165, 1.54) is 6.07 Å². The van der Waals surface area contributed by atoms with Gasteiger partial charge in [-0.2, -0.15) is 13.2 Å². The Labute approximate surface area is 96.6 Å². The molecule has 1 aliphatic rings. The molecule has 0 bridgehead atoms. The van der Waals surface area contributed by atoms with Crippen molar-refractivity contribution in [3.63, 3.8) is 0 Å². The molecule has 1 atom stereocenters. The Bertz CT molecular complexity index is 383. The van der Waals surface area contributed by atoms with Crippen LogP contribution in [0.4, 0.5) is 13.2 Å². The van der Waals surface area contributed by atoms with Crippen LogP contribution in [-0.4, -0.2) is 6.54 Å². The van der Waals surface area contributed by atoms with Crippen molar-refractivity contribution in [1.29, 1.82) is 0 Å². The summed E-state index contributed by atoms with van der Waals surface area (Å²) in [5.41, 5.74) is -0.0883. The van der Waals surface area contributed by atoms with Gasteiger partial charge in [0.25, 0.3) is 0 Å². The van der Waals surface area contributed by atoms with Gasteiger partial charge in [0, 0.05) is 11.1 Å². The monoisotopic (exact) mass is 249 g/mol. The first-order valence-electron chi connectivity index (χ1n) is 5.08. The Morgan fingerprint density at radius 2 is 2.06 bits per heavy atom. The molecule has 1 fully saturated rings. The molecule has 1 saturated heterocycles. The lowest BCUT2D eigenvalue weighted by Crippen LogP contribution is -2.14. The highest BCUT2D eigenvalue weighted by molar-refractivity contribution is 6.31. The molecule has 0 radical (unpaired) electrons. The fourth-order valence-corrected chi connectivity index (χ4v) is 2.19. The van der Waals surface area contributed by atoms with Crippen LogP contribution >= 0.6 is 11.6 Å². The second-order valence-electron chi connectivity index (χ2n) is 3.88. The average Bonchev–Trinajstić information content (AvgIpc) is 2.69. The molecular weight excluding hydrogens is 239 g/mol. The lowest BCUT2D eigenvalue weighted by atomic mass is 10.0. The third-order valence-electron chi connectivity index (χ3n) is 2.76. The van der Waals surface area contributed by atoms with Gasteiger partial charge in [-0.05, 0) is 43.1 Å². The van der Waals surface area contributed by atoms with Crippen LogP contribution in [0.2, 0.25) is 5.02 Å². The second kappa shape index (κ2) is 4.26. The molecule has 0 spiro atoms. The molecule has 88 valence electrons. The van der Waals surface area contributed by atoms with E-state index in [1.807, 2.05) is 0 Å². The highest BCUT2D eigenvalue weighted by Crippen LogP contribution is 2.35. The summed E-state index contributed by atoms with van der Waals surface area (Å²) in [7, 11) is 0. The van der Waals surface area contributed by atoms with E-state index in [4.69, 9.17) is 11.6 Å². The first-order valence-corrected chi connectivity index (χ1v) is 5.46. The molecule has 5 heteroatoms. The van der Waals surface area contributed by atoms with Gasteiger partial charge in [0.05, 0.1) is 5.56 Å². The Kier molecular flexibility index (Phi) is 3.13. The van der Waals surface area contributed by atoms with Crippen molar-refractivity contribution >= 4 is 11.6 Å². The van der Waals surface area contributed by atoms with Crippen LogP contribution in [-0.2, 0) is 6.18 Å². The molecule has 1 aliphatic heterocycles. The molecule has 16 heavy (non-hydrogen) atoms. The van der Waals surface area contributed by atoms with Crippen molar-refractivity contribution in [3.05, 3.63) is 34.3 Å². The van der Waals surface area contributed by atoms with Crippen LogP contribution in [0.3, 0.4) is 0 Å². The van der Waals surface area contributed by atoms with Crippen LogP contribution in [0.15, 0.2) is 18.2 Å². The number of benzene rings is 1. The van der Waals surface area contributed by atoms with Gasteiger partial charge < -0.3 is 5.32 Å². The molecule has 1 aromatic rings. The minimum absolute atomic E-state index is 0.0465. The van der Waals surface area contributed by atoms with Gasteiger partial charge in [-0.15, -0.1) is 0 Å². The van der Waals surface area contributed by atoms with Crippen LogP contribution in [0.5, 0.6) is 0 Å². The number of hydrogen-bond donors (Lipinski definition) is 1. The van der Waals surface area contributed by atoms with Gasteiger partial charge in [0.15, 0.2) is 0 Å². The summed E-state index contributed by atoms with van der Waals surface area (Å²) in [6, 6.07) is 3.43. The molecule has 0 aromatic heterocycles. The maximum Gasteiger partial charge on any atom is 0.416 e. The van der Waals surface area contributed by atoms with Gasteiger partial charge in [0.2, 0.25) is 0 Å². The van der Waals surface area contributed by atoms with Gasteiger partial charge in [-0.1, -0.05) is 11.6 Å². The Balaban J connectivity index is 2.36. The minimum atomic E-state index is -4.31. The normalized spacial score (nSPS) is 21.4.